The molecule has 3 unspecified atom stereocenters. The first-order valence-electron chi connectivity index (χ1n) is 6.11. The zero-order valence-corrected chi connectivity index (χ0v) is 11.2. The molecule has 2 saturated heterocycles. The van der Waals surface area contributed by atoms with E-state index in [9.17, 15) is 0 Å². The number of fused-ring (bicyclic) bond motifs is 2. The Hall–Kier alpha value is -0.360. The first kappa shape index (κ1) is 11.7. The molecule has 17 heavy (non-hydrogen) atoms. The Morgan fingerprint density at radius 2 is 2.06 bits per heavy atom. The van der Waals surface area contributed by atoms with Crippen molar-refractivity contribution in [2.45, 2.75) is 31.1 Å². The van der Waals surface area contributed by atoms with Gasteiger partial charge in [0.05, 0.1) is 18.2 Å². The van der Waals surface area contributed by atoms with Crippen LogP contribution in [-0.2, 0) is 4.74 Å². The van der Waals surface area contributed by atoms with Gasteiger partial charge in [0.1, 0.15) is 5.76 Å². The fraction of sp³-hybridized carbons (Fsp3) is 0.667. The van der Waals surface area contributed by atoms with Crippen LogP contribution in [0.15, 0.2) is 21.2 Å². The Kier molecular flexibility index (Phi) is 3.25. The smallest absolute Gasteiger partial charge is 0.169 e. The van der Waals surface area contributed by atoms with Crippen LogP contribution in [-0.4, -0.2) is 36.7 Å². The van der Waals surface area contributed by atoms with Crippen molar-refractivity contribution in [1.82, 2.24) is 4.90 Å². The zero-order valence-electron chi connectivity index (χ0n) is 9.64. The summed E-state index contributed by atoms with van der Waals surface area (Å²) >= 11 is 3.34. The highest BCUT2D eigenvalue weighted by atomic mass is 79.9. The molecule has 94 valence electrons. The SMILES string of the molecule is NCC(c1ccc(Br)o1)N1CC2CCC(C1)O2. The topological polar surface area (TPSA) is 51.6 Å². The van der Waals surface area contributed by atoms with Crippen molar-refractivity contribution in [3.63, 3.8) is 0 Å². The molecule has 2 bridgehead atoms. The normalized spacial score (nSPS) is 30.7. The van der Waals surface area contributed by atoms with E-state index in [0.717, 1.165) is 23.5 Å². The van der Waals surface area contributed by atoms with Crippen molar-refractivity contribution in [3.05, 3.63) is 22.6 Å². The highest BCUT2D eigenvalue weighted by molar-refractivity contribution is 9.10. The van der Waals surface area contributed by atoms with E-state index < -0.39 is 0 Å². The summed E-state index contributed by atoms with van der Waals surface area (Å²) in [5.74, 6) is 0.945. The Morgan fingerprint density at radius 3 is 2.59 bits per heavy atom. The largest absolute Gasteiger partial charge is 0.453 e. The summed E-state index contributed by atoms with van der Waals surface area (Å²) in [5.41, 5.74) is 5.90. The number of ether oxygens (including phenoxy) is 1. The minimum Gasteiger partial charge on any atom is -0.453 e. The predicted molar refractivity (Wildman–Crippen MR) is 67.7 cm³/mol. The van der Waals surface area contributed by atoms with Crippen LogP contribution >= 0.6 is 15.9 Å². The molecule has 0 aromatic carbocycles. The third-order valence-electron chi connectivity index (χ3n) is 3.66. The van der Waals surface area contributed by atoms with E-state index in [1.54, 1.807) is 0 Å². The molecule has 0 spiro atoms. The minimum absolute atomic E-state index is 0.174. The van der Waals surface area contributed by atoms with Gasteiger partial charge in [-0.25, -0.2) is 0 Å². The maximum absolute atomic E-state index is 5.90. The second-order valence-electron chi connectivity index (χ2n) is 4.80. The van der Waals surface area contributed by atoms with E-state index in [1.165, 1.54) is 12.8 Å². The van der Waals surface area contributed by atoms with Gasteiger partial charge >= 0.3 is 0 Å². The Morgan fingerprint density at radius 1 is 1.35 bits per heavy atom. The van der Waals surface area contributed by atoms with Gasteiger partial charge in [0.25, 0.3) is 0 Å². The zero-order chi connectivity index (χ0) is 11.8. The number of likely N-dealkylation sites (tertiary alicyclic amines) is 1. The maximum Gasteiger partial charge on any atom is 0.169 e. The molecule has 2 aliphatic rings. The molecular formula is C12H17BrN2O2. The van der Waals surface area contributed by atoms with Gasteiger partial charge in [-0.15, -0.1) is 0 Å². The lowest BCUT2D eigenvalue weighted by atomic mass is 10.1. The van der Waals surface area contributed by atoms with Gasteiger partial charge in [-0.05, 0) is 40.9 Å². The van der Waals surface area contributed by atoms with Crippen LogP contribution in [0, 0.1) is 0 Å². The van der Waals surface area contributed by atoms with E-state index in [0.29, 0.717) is 18.8 Å². The maximum atomic E-state index is 5.90. The Bertz CT molecular complexity index is 384. The standard InChI is InChI=1S/C12H17BrN2O2/c13-12-4-3-11(17-12)10(5-14)15-6-8-1-2-9(7-15)16-8/h3-4,8-10H,1-2,5-7,14H2. The van der Waals surface area contributed by atoms with Crippen molar-refractivity contribution in [1.29, 1.82) is 0 Å². The van der Waals surface area contributed by atoms with Crippen LogP contribution in [0.25, 0.3) is 0 Å². The van der Waals surface area contributed by atoms with E-state index in [-0.39, 0.29) is 6.04 Å². The van der Waals surface area contributed by atoms with Crippen molar-refractivity contribution in [2.75, 3.05) is 19.6 Å². The molecule has 1 aromatic heterocycles. The number of nitrogens with two attached hydrogens (primary N) is 1. The van der Waals surface area contributed by atoms with Crippen LogP contribution in [0.4, 0.5) is 0 Å². The second-order valence-corrected chi connectivity index (χ2v) is 5.59. The lowest BCUT2D eigenvalue weighted by molar-refractivity contribution is -0.0546. The van der Waals surface area contributed by atoms with Crippen molar-refractivity contribution in [2.24, 2.45) is 5.73 Å². The van der Waals surface area contributed by atoms with Crippen LogP contribution in [0.2, 0.25) is 0 Å². The molecule has 0 amide bonds. The van der Waals surface area contributed by atoms with E-state index in [2.05, 4.69) is 20.8 Å². The highest BCUT2D eigenvalue weighted by Crippen LogP contribution is 2.32. The molecule has 1 aromatic rings. The summed E-state index contributed by atoms with van der Waals surface area (Å²) in [5, 5.41) is 0. The number of morpholine rings is 1. The van der Waals surface area contributed by atoms with Crippen molar-refractivity contribution < 1.29 is 9.15 Å². The predicted octanol–water partition coefficient (Wildman–Crippen LogP) is 1.91. The lowest BCUT2D eigenvalue weighted by Crippen LogP contribution is -2.46. The summed E-state index contributed by atoms with van der Waals surface area (Å²) in [4.78, 5) is 2.40. The number of nitrogens with zero attached hydrogens (tertiary/aromatic N) is 1. The third-order valence-corrected chi connectivity index (χ3v) is 4.08. The molecule has 5 heteroatoms. The van der Waals surface area contributed by atoms with Gasteiger partial charge in [0, 0.05) is 19.6 Å². The van der Waals surface area contributed by atoms with Gasteiger partial charge in [0.2, 0.25) is 0 Å². The van der Waals surface area contributed by atoms with E-state index in [1.807, 2.05) is 12.1 Å². The number of halogens is 1. The Labute approximate surface area is 109 Å². The first-order valence-corrected chi connectivity index (χ1v) is 6.90. The molecule has 3 atom stereocenters. The quantitative estimate of drug-likeness (QED) is 0.926. The van der Waals surface area contributed by atoms with E-state index in [4.69, 9.17) is 14.9 Å². The highest BCUT2D eigenvalue weighted by Gasteiger charge is 2.37. The van der Waals surface area contributed by atoms with Crippen LogP contribution < -0.4 is 5.73 Å². The number of hydrogen-bond donors (Lipinski definition) is 1. The fourth-order valence-electron chi connectivity index (χ4n) is 2.85. The summed E-state index contributed by atoms with van der Waals surface area (Å²) in [6.07, 6.45) is 3.14. The number of hydrogen-bond acceptors (Lipinski definition) is 4. The van der Waals surface area contributed by atoms with E-state index >= 15 is 0 Å². The van der Waals surface area contributed by atoms with Gasteiger partial charge in [-0.2, -0.15) is 0 Å². The van der Waals surface area contributed by atoms with Gasteiger partial charge < -0.3 is 14.9 Å². The number of rotatable bonds is 3. The summed E-state index contributed by atoms with van der Waals surface area (Å²) < 4.78 is 12.2. The average molecular weight is 301 g/mol. The monoisotopic (exact) mass is 300 g/mol. The van der Waals surface area contributed by atoms with Gasteiger partial charge in [-0.1, -0.05) is 0 Å². The van der Waals surface area contributed by atoms with Crippen molar-refractivity contribution in [3.8, 4) is 0 Å². The van der Waals surface area contributed by atoms with Crippen LogP contribution in [0.1, 0.15) is 24.6 Å². The molecule has 0 aliphatic carbocycles. The summed E-state index contributed by atoms with van der Waals surface area (Å²) in [6.45, 7) is 2.52. The third kappa shape index (κ3) is 2.29. The molecule has 2 aliphatic heterocycles. The molecule has 2 N–H and O–H groups in total. The average Bonchev–Trinajstić information content (AvgIpc) is 2.87. The molecular weight excluding hydrogens is 284 g/mol. The molecule has 4 nitrogen and oxygen atoms in total. The summed E-state index contributed by atoms with van der Waals surface area (Å²) in [6, 6.07) is 4.10. The first-order chi connectivity index (χ1) is 8.26. The van der Waals surface area contributed by atoms with Crippen molar-refractivity contribution >= 4 is 15.9 Å². The molecule has 0 radical (unpaired) electrons. The minimum atomic E-state index is 0.174. The molecule has 2 fully saturated rings. The van der Waals surface area contributed by atoms with Crippen LogP contribution in [0.3, 0.4) is 0 Å². The van der Waals surface area contributed by atoms with Crippen LogP contribution in [0.5, 0.6) is 0 Å². The Balaban J connectivity index is 1.77. The molecule has 3 rings (SSSR count). The molecule has 3 heterocycles. The summed E-state index contributed by atoms with van der Waals surface area (Å²) in [7, 11) is 0. The lowest BCUT2D eigenvalue weighted by Gasteiger charge is -2.36. The number of furan rings is 1. The van der Waals surface area contributed by atoms with Gasteiger partial charge in [0.15, 0.2) is 4.67 Å². The van der Waals surface area contributed by atoms with Gasteiger partial charge in [-0.3, -0.25) is 4.90 Å². The second kappa shape index (κ2) is 4.72. The fourth-order valence-corrected chi connectivity index (χ4v) is 3.17. The molecule has 0 saturated carbocycles.